The van der Waals surface area contributed by atoms with Crippen LogP contribution in [-0.4, -0.2) is 29.9 Å². The molecular formula is C21H19N3O3S. The molecule has 2 aromatic carbocycles. The van der Waals surface area contributed by atoms with Gasteiger partial charge in [0.25, 0.3) is 5.91 Å². The summed E-state index contributed by atoms with van der Waals surface area (Å²) in [6, 6.07) is 13.2. The smallest absolute Gasteiger partial charge is 0.265 e. The van der Waals surface area contributed by atoms with E-state index in [4.69, 9.17) is 4.74 Å². The van der Waals surface area contributed by atoms with Crippen molar-refractivity contribution in [3.63, 3.8) is 0 Å². The maximum atomic E-state index is 12.7. The number of hydrogen-bond acceptors (Lipinski definition) is 5. The van der Waals surface area contributed by atoms with Gasteiger partial charge in [0.15, 0.2) is 6.61 Å². The van der Waals surface area contributed by atoms with E-state index < -0.39 is 0 Å². The van der Waals surface area contributed by atoms with Gasteiger partial charge in [-0.05, 0) is 36.2 Å². The third kappa shape index (κ3) is 3.61. The average molecular weight is 393 g/mol. The zero-order chi connectivity index (χ0) is 19.5. The first-order valence-corrected chi connectivity index (χ1v) is 9.93. The summed E-state index contributed by atoms with van der Waals surface area (Å²) in [6.07, 6.45) is 0.812. The molecule has 1 aliphatic rings. The summed E-state index contributed by atoms with van der Waals surface area (Å²) in [7, 11) is 0. The van der Waals surface area contributed by atoms with Crippen molar-refractivity contribution < 1.29 is 14.3 Å². The van der Waals surface area contributed by atoms with Gasteiger partial charge in [0.05, 0.1) is 16.9 Å². The van der Waals surface area contributed by atoms with Crippen LogP contribution in [0.1, 0.15) is 12.5 Å². The first-order valence-electron chi connectivity index (χ1n) is 8.99. The molecule has 1 aliphatic heterocycles. The summed E-state index contributed by atoms with van der Waals surface area (Å²) >= 11 is 1.50. The SMILES string of the molecule is CCc1ccccc1NC(=O)CN1C(=O)COc2ccc(-c3cscn3)cc21. The number of benzene rings is 2. The molecule has 6 nitrogen and oxygen atoms in total. The minimum Gasteiger partial charge on any atom is -0.482 e. The van der Waals surface area contributed by atoms with E-state index in [1.807, 2.05) is 54.8 Å². The summed E-state index contributed by atoms with van der Waals surface area (Å²) < 4.78 is 5.53. The van der Waals surface area contributed by atoms with Crippen LogP contribution in [0.2, 0.25) is 0 Å². The molecule has 7 heteroatoms. The van der Waals surface area contributed by atoms with Crippen molar-refractivity contribution in [1.82, 2.24) is 4.98 Å². The molecule has 0 radical (unpaired) electrons. The Morgan fingerprint density at radius 3 is 2.93 bits per heavy atom. The van der Waals surface area contributed by atoms with Crippen LogP contribution in [0.25, 0.3) is 11.3 Å². The zero-order valence-corrected chi connectivity index (χ0v) is 16.2. The van der Waals surface area contributed by atoms with E-state index in [1.165, 1.54) is 16.2 Å². The number of fused-ring (bicyclic) bond motifs is 1. The van der Waals surface area contributed by atoms with E-state index in [0.717, 1.165) is 28.9 Å². The largest absolute Gasteiger partial charge is 0.482 e. The minimum absolute atomic E-state index is 0.0756. The number of carbonyl (C=O) groups excluding carboxylic acids is 2. The number of carbonyl (C=O) groups is 2. The number of hydrogen-bond donors (Lipinski definition) is 1. The second-order valence-corrected chi connectivity index (χ2v) is 7.10. The second kappa shape index (κ2) is 7.82. The normalized spacial score (nSPS) is 13.0. The molecule has 0 bridgehead atoms. The Kier molecular flexibility index (Phi) is 5.08. The van der Waals surface area contributed by atoms with E-state index in [1.54, 1.807) is 5.51 Å². The molecule has 0 saturated heterocycles. The van der Waals surface area contributed by atoms with E-state index >= 15 is 0 Å². The van der Waals surface area contributed by atoms with Crippen LogP contribution in [0.15, 0.2) is 53.4 Å². The van der Waals surface area contributed by atoms with Gasteiger partial charge in [-0.1, -0.05) is 25.1 Å². The number of rotatable bonds is 5. The second-order valence-electron chi connectivity index (χ2n) is 6.38. The minimum atomic E-state index is -0.249. The fourth-order valence-corrected chi connectivity index (χ4v) is 3.73. The highest BCUT2D eigenvalue weighted by Gasteiger charge is 2.28. The molecule has 0 aliphatic carbocycles. The molecule has 0 spiro atoms. The van der Waals surface area contributed by atoms with E-state index in [9.17, 15) is 9.59 Å². The number of ether oxygens (including phenoxy) is 1. The van der Waals surface area contributed by atoms with Gasteiger partial charge in [0.1, 0.15) is 12.3 Å². The number of aromatic nitrogens is 1. The van der Waals surface area contributed by atoms with Crippen LogP contribution >= 0.6 is 11.3 Å². The van der Waals surface area contributed by atoms with Crippen LogP contribution in [0.5, 0.6) is 5.75 Å². The van der Waals surface area contributed by atoms with Crippen molar-refractivity contribution in [2.45, 2.75) is 13.3 Å². The Hall–Kier alpha value is -3.19. The molecule has 2 heterocycles. The highest BCUT2D eigenvalue weighted by atomic mass is 32.1. The van der Waals surface area contributed by atoms with Crippen LogP contribution in [0.3, 0.4) is 0 Å². The van der Waals surface area contributed by atoms with Crippen molar-refractivity contribution in [3.8, 4) is 17.0 Å². The molecule has 3 aromatic rings. The molecule has 2 amide bonds. The zero-order valence-electron chi connectivity index (χ0n) is 15.3. The lowest BCUT2D eigenvalue weighted by molar-refractivity contribution is -0.123. The summed E-state index contributed by atoms with van der Waals surface area (Å²) in [5, 5.41) is 4.85. The molecule has 28 heavy (non-hydrogen) atoms. The number of amides is 2. The molecule has 4 rings (SSSR count). The lowest BCUT2D eigenvalue weighted by atomic mass is 10.1. The highest BCUT2D eigenvalue weighted by Crippen LogP contribution is 2.36. The maximum absolute atomic E-state index is 12.7. The first-order chi connectivity index (χ1) is 13.7. The fraction of sp³-hybridized carbons (Fsp3) is 0.190. The number of thiazole rings is 1. The molecular weight excluding hydrogens is 374 g/mol. The van der Waals surface area contributed by atoms with Gasteiger partial charge in [-0.25, -0.2) is 4.98 Å². The van der Waals surface area contributed by atoms with E-state index in [-0.39, 0.29) is 25.0 Å². The summed E-state index contributed by atoms with van der Waals surface area (Å²) in [5.41, 5.74) is 5.86. The van der Waals surface area contributed by atoms with Crippen molar-refractivity contribution in [1.29, 1.82) is 0 Å². The number of anilines is 2. The standard InChI is InChI=1S/C21H19N3O3S/c1-2-14-5-3-4-6-16(14)23-20(25)10-24-18-9-15(17-12-28-13-22-17)7-8-19(18)27-11-21(24)26/h3-9,12-13H,2,10-11H2,1H3,(H,23,25). The lowest BCUT2D eigenvalue weighted by Crippen LogP contribution is -2.43. The van der Waals surface area contributed by atoms with Crippen molar-refractivity contribution in [2.24, 2.45) is 0 Å². The lowest BCUT2D eigenvalue weighted by Gasteiger charge is -2.29. The molecule has 1 N–H and O–H groups in total. The number of nitrogens with one attached hydrogen (secondary N) is 1. The number of para-hydroxylation sites is 1. The molecule has 0 saturated carbocycles. The third-order valence-corrected chi connectivity index (χ3v) is 5.19. The third-order valence-electron chi connectivity index (χ3n) is 4.60. The van der Waals surface area contributed by atoms with Gasteiger partial charge in [-0.15, -0.1) is 11.3 Å². The quantitative estimate of drug-likeness (QED) is 0.717. The van der Waals surface area contributed by atoms with Crippen molar-refractivity contribution in [3.05, 3.63) is 58.9 Å². The Morgan fingerprint density at radius 2 is 2.14 bits per heavy atom. The molecule has 0 unspecified atom stereocenters. The first kappa shape index (κ1) is 18.2. The topological polar surface area (TPSA) is 71.5 Å². The summed E-state index contributed by atoms with van der Waals surface area (Å²) in [5.74, 6) is 0.0864. The van der Waals surface area contributed by atoms with Crippen LogP contribution in [-0.2, 0) is 16.0 Å². The fourth-order valence-electron chi connectivity index (χ4n) is 3.17. The van der Waals surface area contributed by atoms with Gasteiger partial charge < -0.3 is 10.1 Å². The van der Waals surface area contributed by atoms with Gasteiger partial charge in [-0.3, -0.25) is 14.5 Å². The van der Waals surface area contributed by atoms with E-state index in [0.29, 0.717) is 11.4 Å². The Morgan fingerprint density at radius 1 is 1.29 bits per heavy atom. The van der Waals surface area contributed by atoms with Gasteiger partial charge in [-0.2, -0.15) is 0 Å². The predicted octanol–water partition coefficient (Wildman–Crippen LogP) is 3.74. The Labute approximate surface area is 166 Å². The van der Waals surface area contributed by atoms with Crippen LogP contribution in [0.4, 0.5) is 11.4 Å². The Bertz CT molecular complexity index is 1020. The van der Waals surface area contributed by atoms with Gasteiger partial charge >= 0.3 is 0 Å². The molecule has 0 atom stereocenters. The van der Waals surface area contributed by atoms with Gasteiger partial charge in [0.2, 0.25) is 5.91 Å². The summed E-state index contributed by atoms with van der Waals surface area (Å²) in [6.45, 7) is 1.88. The molecule has 1 aromatic heterocycles. The van der Waals surface area contributed by atoms with Crippen LogP contribution in [0, 0.1) is 0 Å². The van der Waals surface area contributed by atoms with Crippen LogP contribution < -0.4 is 15.0 Å². The Balaban J connectivity index is 1.59. The number of nitrogens with zero attached hydrogens (tertiary/aromatic N) is 2. The summed E-state index contributed by atoms with van der Waals surface area (Å²) in [4.78, 5) is 30.9. The average Bonchev–Trinajstić information content (AvgIpc) is 3.25. The van der Waals surface area contributed by atoms with Crippen molar-refractivity contribution in [2.75, 3.05) is 23.4 Å². The predicted molar refractivity (Wildman–Crippen MR) is 110 cm³/mol. The van der Waals surface area contributed by atoms with E-state index in [2.05, 4.69) is 10.3 Å². The van der Waals surface area contributed by atoms with Gasteiger partial charge in [0, 0.05) is 16.6 Å². The number of aryl methyl sites for hydroxylation is 1. The highest BCUT2D eigenvalue weighted by molar-refractivity contribution is 7.07. The maximum Gasteiger partial charge on any atom is 0.265 e. The molecule has 0 fully saturated rings. The molecule has 142 valence electrons. The van der Waals surface area contributed by atoms with Crippen molar-refractivity contribution >= 4 is 34.5 Å². The monoisotopic (exact) mass is 393 g/mol.